The first-order chi connectivity index (χ1) is 17.4. The first kappa shape index (κ1) is 26.9. The molecule has 10 nitrogen and oxygen atoms in total. The Morgan fingerprint density at radius 3 is 2.43 bits per heavy atom. The minimum atomic E-state index is -5.08. The number of piperidine rings is 1. The van der Waals surface area contributed by atoms with Crippen molar-refractivity contribution < 1.29 is 27.5 Å². The lowest BCUT2D eigenvalue weighted by atomic mass is 9.73. The molecule has 0 aromatic carbocycles. The number of halogens is 5. The van der Waals surface area contributed by atoms with Gasteiger partial charge in [-0.1, -0.05) is 23.4 Å². The van der Waals surface area contributed by atoms with E-state index in [2.05, 4.69) is 25.0 Å². The van der Waals surface area contributed by atoms with Crippen molar-refractivity contribution in [1.82, 2.24) is 24.7 Å². The van der Waals surface area contributed by atoms with Gasteiger partial charge < -0.3 is 21.5 Å². The van der Waals surface area contributed by atoms with E-state index in [0.717, 1.165) is 41.7 Å². The number of hydrogen-bond donors (Lipinski definition) is 3. The molecular formula is C21H21ClF4N8O2S. The maximum absolute atomic E-state index is 14.0. The molecule has 2 aliphatic heterocycles. The van der Waals surface area contributed by atoms with E-state index in [1.165, 1.54) is 18.0 Å². The van der Waals surface area contributed by atoms with Crippen molar-refractivity contribution in [3.8, 4) is 0 Å². The number of rotatable bonds is 3. The van der Waals surface area contributed by atoms with E-state index in [-0.39, 0.29) is 17.3 Å². The summed E-state index contributed by atoms with van der Waals surface area (Å²) in [6, 6.07) is 1.46. The van der Waals surface area contributed by atoms with E-state index < -0.39 is 12.1 Å². The van der Waals surface area contributed by atoms with Crippen LogP contribution in [-0.4, -0.2) is 55.1 Å². The summed E-state index contributed by atoms with van der Waals surface area (Å²) in [5.74, 6) is -1.96. The van der Waals surface area contributed by atoms with Crippen LogP contribution in [0.3, 0.4) is 0 Å². The molecular weight excluding hydrogens is 540 g/mol. The first-order valence-corrected chi connectivity index (χ1v) is 12.0. The molecule has 0 saturated carbocycles. The summed E-state index contributed by atoms with van der Waals surface area (Å²) in [6.07, 6.45) is 2.96. The van der Waals surface area contributed by atoms with E-state index in [4.69, 9.17) is 33.0 Å². The lowest BCUT2D eigenvalue weighted by molar-refractivity contribution is -0.192. The number of fused-ring (bicyclic) bond motifs is 1. The predicted octanol–water partition coefficient (Wildman–Crippen LogP) is 3.53. The van der Waals surface area contributed by atoms with Crippen molar-refractivity contribution in [2.24, 2.45) is 11.1 Å². The maximum atomic E-state index is 14.0. The number of pyridine rings is 1. The van der Waals surface area contributed by atoms with E-state index in [1.54, 1.807) is 29.3 Å². The second kappa shape index (κ2) is 10.3. The van der Waals surface area contributed by atoms with Gasteiger partial charge >= 0.3 is 12.1 Å². The van der Waals surface area contributed by atoms with Crippen LogP contribution in [0.2, 0.25) is 5.02 Å². The minimum Gasteiger partial charge on any atom is -0.475 e. The first-order valence-electron chi connectivity index (χ1n) is 10.8. The Balaban J connectivity index is 0.000000405. The Labute approximate surface area is 217 Å². The molecule has 2 aliphatic rings. The Kier molecular flexibility index (Phi) is 7.48. The Hall–Kier alpha value is -3.17. The summed E-state index contributed by atoms with van der Waals surface area (Å²) in [5.41, 5.74) is 12.6. The van der Waals surface area contributed by atoms with Gasteiger partial charge in [0.1, 0.15) is 16.7 Å². The molecule has 3 aromatic rings. The lowest BCUT2D eigenvalue weighted by Crippen LogP contribution is -2.45. The summed E-state index contributed by atoms with van der Waals surface area (Å²) in [5, 5.41) is 12.4. The SMILES string of the molecule is Nc1nccc(Sc2cnc(N3CCC4(CC3)Cn3ncc(F)c3[C@H]4N)cn2)c1Cl.O=C(O)C(F)(F)F. The third kappa shape index (κ3) is 5.57. The smallest absolute Gasteiger partial charge is 0.475 e. The van der Waals surface area contributed by atoms with Gasteiger partial charge in [0.2, 0.25) is 0 Å². The molecule has 5 N–H and O–H groups in total. The molecule has 5 rings (SSSR count). The molecule has 3 aromatic heterocycles. The number of carboxylic acids is 1. The van der Waals surface area contributed by atoms with Crippen LogP contribution in [0.15, 0.2) is 40.8 Å². The number of nitrogens with zero attached hydrogens (tertiary/aromatic N) is 6. The quantitative estimate of drug-likeness (QED) is 0.406. The number of anilines is 2. The number of carboxylic acid groups (broad SMARTS) is 1. The topological polar surface area (TPSA) is 149 Å². The molecule has 1 spiro atoms. The fourth-order valence-corrected chi connectivity index (χ4v) is 5.29. The van der Waals surface area contributed by atoms with Crippen LogP contribution >= 0.6 is 23.4 Å². The highest BCUT2D eigenvalue weighted by Gasteiger charge is 2.48. The van der Waals surface area contributed by atoms with E-state index >= 15 is 0 Å². The number of aliphatic carboxylic acids is 1. The van der Waals surface area contributed by atoms with Crippen molar-refractivity contribution in [3.63, 3.8) is 0 Å². The summed E-state index contributed by atoms with van der Waals surface area (Å²) in [4.78, 5) is 24.9. The third-order valence-corrected chi connectivity index (χ3v) is 7.78. The molecule has 0 unspecified atom stereocenters. The molecule has 1 fully saturated rings. The number of aromatic nitrogens is 5. The number of alkyl halides is 3. The lowest BCUT2D eigenvalue weighted by Gasteiger charge is -2.41. The zero-order valence-corrected chi connectivity index (χ0v) is 20.6. The maximum Gasteiger partial charge on any atom is 0.490 e. The van der Waals surface area contributed by atoms with Gasteiger partial charge in [-0.05, 0) is 18.9 Å². The molecule has 16 heteroatoms. The molecule has 0 bridgehead atoms. The van der Waals surface area contributed by atoms with Crippen molar-refractivity contribution in [3.05, 3.63) is 47.4 Å². The average molecular weight is 561 g/mol. The number of hydrogen-bond acceptors (Lipinski definition) is 9. The normalized spacial score (nSPS) is 18.3. The molecule has 0 radical (unpaired) electrons. The molecule has 1 atom stereocenters. The van der Waals surface area contributed by atoms with Crippen molar-refractivity contribution >= 4 is 41.0 Å². The largest absolute Gasteiger partial charge is 0.490 e. The van der Waals surface area contributed by atoms with Crippen LogP contribution in [0.1, 0.15) is 24.6 Å². The standard InChI is InChI=1S/C19H20ClFN8S.C2HF3O2/c20-15-12(1-4-24-18(15)23)30-14-9-25-13(8-26-14)28-5-2-19(3-6-28)10-29-16(17(19)22)11(21)7-27-29;3-2(4,5)1(6)7/h1,4,7-9,17H,2-3,5-6,10,22H2,(H2,23,24);(H,6,7)/t17-;/m1./s1. The van der Waals surface area contributed by atoms with Crippen LogP contribution in [0.5, 0.6) is 0 Å². The molecule has 37 heavy (non-hydrogen) atoms. The number of carbonyl (C=O) groups is 1. The highest BCUT2D eigenvalue weighted by Crippen LogP contribution is 2.48. The molecule has 1 saturated heterocycles. The Morgan fingerprint density at radius 1 is 1.19 bits per heavy atom. The zero-order chi connectivity index (χ0) is 27.0. The molecule has 198 valence electrons. The van der Waals surface area contributed by atoms with E-state index in [1.807, 2.05) is 0 Å². The fourth-order valence-electron chi connectivity index (χ4n) is 4.30. The van der Waals surface area contributed by atoms with Gasteiger partial charge in [-0.3, -0.25) is 4.68 Å². The van der Waals surface area contributed by atoms with Gasteiger partial charge in [-0.25, -0.2) is 24.1 Å². The average Bonchev–Trinajstić information content (AvgIpc) is 3.34. The van der Waals surface area contributed by atoms with Crippen LogP contribution < -0.4 is 16.4 Å². The third-order valence-electron chi connectivity index (χ3n) is 6.29. The minimum absolute atomic E-state index is 0.151. The van der Waals surface area contributed by atoms with Crippen LogP contribution in [-0.2, 0) is 11.3 Å². The fraction of sp³-hybridized carbons (Fsp3) is 0.381. The van der Waals surface area contributed by atoms with Gasteiger partial charge in [0, 0.05) is 36.1 Å². The summed E-state index contributed by atoms with van der Waals surface area (Å²) >= 11 is 7.59. The number of nitrogen functional groups attached to an aromatic ring is 1. The predicted molar refractivity (Wildman–Crippen MR) is 126 cm³/mol. The van der Waals surface area contributed by atoms with Crippen LogP contribution in [0, 0.1) is 11.2 Å². The molecule has 0 aliphatic carbocycles. The van der Waals surface area contributed by atoms with Gasteiger partial charge in [0.05, 0.1) is 35.3 Å². The van der Waals surface area contributed by atoms with Gasteiger partial charge in [-0.2, -0.15) is 18.3 Å². The highest BCUT2D eigenvalue weighted by atomic mass is 35.5. The summed E-state index contributed by atoms with van der Waals surface area (Å²) in [7, 11) is 0. The Morgan fingerprint density at radius 2 is 1.86 bits per heavy atom. The van der Waals surface area contributed by atoms with Gasteiger partial charge in [0.15, 0.2) is 5.82 Å². The van der Waals surface area contributed by atoms with Gasteiger partial charge in [-0.15, -0.1) is 0 Å². The van der Waals surface area contributed by atoms with Crippen molar-refractivity contribution in [2.45, 2.75) is 41.5 Å². The Bertz CT molecular complexity index is 1280. The monoisotopic (exact) mass is 560 g/mol. The second-order valence-corrected chi connectivity index (χ2v) is 9.93. The van der Waals surface area contributed by atoms with Crippen molar-refractivity contribution in [2.75, 3.05) is 23.7 Å². The van der Waals surface area contributed by atoms with E-state index in [9.17, 15) is 17.6 Å². The van der Waals surface area contributed by atoms with Crippen LogP contribution in [0.25, 0.3) is 0 Å². The van der Waals surface area contributed by atoms with Gasteiger partial charge in [0.25, 0.3) is 0 Å². The molecule has 0 amide bonds. The van der Waals surface area contributed by atoms with E-state index in [0.29, 0.717) is 23.1 Å². The summed E-state index contributed by atoms with van der Waals surface area (Å²) < 4.78 is 47.5. The molecule has 5 heterocycles. The summed E-state index contributed by atoms with van der Waals surface area (Å²) in [6.45, 7) is 2.24. The second-order valence-electron chi connectivity index (χ2n) is 8.49. The highest BCUT2D eigenvalue weighted by molar-refractivity contribution is 7.99. The van der Waals surface area contributed by atoms with Crippen molar-refractivity contribution in [1.29, 1.82) is 0 Å². The zero-order valence-electron chi connectivity index (χ0n) is 19.0. The van der Waals surface area contributed by atoms with Crippen LogP contribution in [0.4, 0.5) is 29.2 Å². The number of nitrogens with two attached hydrogens (primary N) is 2.